The number of amides is 1. The fourth-order valence-electron chi connectivity index (χ4n) is 3.56. The van der Waals surface area contributed by atoms with E-state index in [1.807, 2.05) is 30.3 Å². The second-order valence-corrected chi connectivity index (χ2v) is 8.72. The number of hydrogen-bond acceptors (Lipinski definition) is 6. The van der Waals surface area contributed by atoms with Crippen molar-refractivity contribution in [2.24, 2.45) is 0 Å². The molecular weight excluding hydrogens is 437 g/mol. The SMILES string of the molecule is CN1C(=O)c2ccc(OCc3ccccc3)nc2C2CC1C=C2OS(=O)(=O)C(F)(F)F. The van der Waals surface area contributed by atoms with Crippen molar-refractivity contribution in [2.75, 3.05) is 7.05 Å². The summed E-state index contributed by atoms with van der Waals surface area (Å²) in [6.07, 6.45) is 1.36. The van der Waals surface area contributed by atoms with Gasteiger partial charge in [0.05, 0.1) is 23.2 Å². The number of pyridine rings is 1. The molecule has 11 heteroatoms. The number of rotatable bonds is 5. The van der Waals surface area contributed by atoms with Crippen LogP contribution >= 0.6 is 0 Å². The van der Waals surface area contributed by atoms with Crippen LogP contribution in [-0.4, -0.2) is 42.8 Å². The zero-order valence-corrected chi connectivity index (χ0v) is 17.0. The summed E-state index contributed by atoms with van der Waals surface area (Å²) < 4.78 is 71.7. The van der Waals surface area contributed by atoms with Gasteiger partial charge >= 0.3 is 15.6 Å². The number of alkyl halides is 3. The molecule has 1 aromatic heterocycles. The van der Waals surface area contributed by atoms with Gasteiger partial charge in [-0.25, -0.2) is 4.98 Å². The molecular formula is C20H17F3N2O5S. The summed E-state index contributed by atoms with van der Waals surface area (Å²) in [6, 6.07) is 11.6. The average molecular weight is 454 g/mol. The Hall–Kier alpha value is -3.08. The Morgan fingerprint density at radius 2 is 1.87 bits per heavy atom. The molecule has 31 heavy (non-hydrogen) atoms. The lowest BCUT2D eigenvalue weighted by molar-refractivity contribution is -0.0524. The van der Waals surface area contributed by atoms with E-state index >= 15 is 0 Å². The summed E-state index contributed by atoms with van der Waals surface area (Å²) in [5.74, 6) is -1.57. The van der Waals surface area contributed by atoms with Gasteiger partial charge in [0, 0.05) is 13.1 Å². The van der Waals surface area contributed by atoms with E-state index in [9.17, 15) is 26.4 Å². The molecule has 2 unspecified atom stereocenters. The molecule has 2 heterocycles. The van der Waals surface area contributed by atoms with Gasteiger partial charge in [-0.15, -0.1) is 0 Å². The number of carbonyl (C=O) groups is 1. The monoisotopic (exact) mass is 454 g/mol. The number of likely N-dealkylation sites (N-methyl/N-ethyl adjacent to an activating group) is 1. The first kappa shape index (κ1) is 21.2. The van der Waals surface area contributed by atoms with E-state index in [1.54, 1.807) is 0 Å². The fourth-order valence-corrected chi connectivity index (χ4v) is 4.08. The molecule has 0 saturated carbocycles. The van der Waals surface area contributed by atoms with Crippen LogP contribution in [0.1, 0.15) is 34.0 Å². The van der Waals surface area contributed by atoms with E-state index in [4.69, 9.17) is 4.74 Å². The number of ether oxygens (including phenoxy) is 1. The van der Waals surface area contributed by atoms with E-state index in [1.165, 1.54) is 30.2 Å². The molecule has 0 N–H and O–H groups in total. The first-order valence-corrected chi connectivity index (χ1v) is 10.6. The zero-order valence-electron chi connectivity index (χ0n) is 16.2. The van der Waals surface area contributed by atoms with E-state index in [-0.39, 0.29) is 36.1 Å². The molecule has 2 bridgehead atoms. The lowest BCUT2D eigenvalue weighted by Gasteiger charge is -2.22. The molecule has 0 radical (unpaired) electrons. The maximum atomic E-state index is 12.8. The number of benzene rings is 1. The molecule has 1 aliphatic heterocycles. The minimum Gasteiger partial charge on any atom is -0.473 e. The molecule has 0 saturated heterocycles. The van der Waals surface area contributed by atoms with Crippen LogP contribution < -0.4 is 4.74 Å². The molecule has 0 fully saturated rings. The Morgan fingerprint density at radius 3 is 2.55 bits per heavy atom. The van der Waals surface area contributed by atoms with Crippen molar-refractivity contribution in [3.63, 3.8) is 0 Å². The van der Waals surface area contributed by atoms with Gasteiger partial charge in [-0.2, -0.15) is 21.6 Å². The van der Waals surface area contributed by atoms with Gasteiger partial charge < -0.3 is 13.8 Å². The van der Waals surface area contributed by atoms with Crippen LogP contribution in [0.4, 0.5) is 13.2 Å². The molecule has 1 aliphatic carbocycles. The van der Waals surface area contributed by atoms with Gasteiger partial charge in [-0.3, -0.25) is 4.79 Å². The third-order valence-electron chi connectivity index (χ3n) is 5.17. The van der Waals surface area contributed by atoms with E-state index in [2.05, 4.69) is 9.17 Å². The van der Waals surface area contributed by atoms with E-state index in [0.717, 1.165) is 5.56 Å². The van der Waals surface area contributed by atoms with Crippen molar-refractivity contribution in [3.05, 3.63) is 71.1 Å². The minimum atomic E-state index is -5.85. The Balaban J connectivity index is 1.67. The van der Waals surface area contributed by atoms with Crippen LogP contribution in [0.2, 0.25) is 0 Å². The van der Waals surface area contributed by atoms with Crippen LogP contribution in [0.15, 0.2) is 54.3 Å². The largest absolute Gasteiger partial charge is 0.534 e. The highest BCUT2D eigenvalue weighted by molar-refractivity contribution is 7.87. The summed E-state index contributed by atoms with van der Waals surface area (Å²) in [7, 11) is -4.37. The summed E-state index contributed by atoms with van der Waals surface area (Å²) >= 11 is 0. The maximum Gasteiger partial charge on any atom is 0.534 e. The molecule has 7 nitrogen and oxygen atoms in total. The summed E-state index contributed by atoms with van der Waals surface area (Å²) in [4.78, 5) is 18.4. The van der Waals surface area contributed by atoms with Crippen LogP contribution in [0, 0.1) is 0 Å². The Kier molecular flexibility index (Phi) is 5.16. The predicted octanol–water partition coefficient (Wildman–Crippen LogP) is 3.35. The summed E-state index contributed by atoms with van der Waals surface area (Å²) in [6.45, 7) is 0.190. The quantitative estimate of drug-likeness (QED) is 0.509. The minimum absolute atomic E-state index is 0.117. The Labute approximate surface area is 176 Å². The number of carbonyl (C=O) groups excluding carboxylic acids is 1. The van der Waals surface area contributed by atoms with Gasteiger partial charge in [-0.05, 0) is 24.1 Å². The zero-order chi connectivity index (χ0) is 22.4. The molecule has 2 aromatic rings. The van der Waals surface area contributed by atoms with Crippen molar-refractivity contribution in [2.45, 2.75) is 30.5 Å². The second kappa shape index (κ2) is 7.56. The Morgan fingerprint density at radius 1 is 1.16 bits per heavy atom. The number of fused-ring (bicyclic) bond motifs is 4. The first-order chi connectivity index (χ1) is 14.6. The molecule has 1 aromatic carbocycles. The van der Waals surface area contributed by atoms with Crippen molar-refractivity contribution in [1.82, 2.24) is 9.88 Å². The highest BCUT2D eigenvalue weighted by Gasteiger charge is 2.51. The smallest absolute Gasteiger partial charge is 0.473 e. The highest BCUT2D eigenvalue weighted by Crippen LogP contribution is 2.44. The van der Waals surface area contributed by atoms with Crippen molar-refractivity contribution in [1.29, 1.82) is 0 Å². The lowest BCUT2D eigenvalue weighted by atomic mass is 9.99. The topological polar surface area (TPSA) is 85.8 Å². The van der Waals surface area contributed by atoms with Crippen LogP contribution in [-0.2, 0) is 20.9 Å². The summed E-state index contributed by atoms with van der Waals surface area (Å²) in [5, 5.41) is 0. The van der Waals surface area contributed by atoms with Gasteiger partial charge in [0.1, 0.15) is 12.4 Å². The average Bonchev–Trinajstić information content (AvgIpc) is 3.10. The van der Waals surface area contributed by atoms with Crippen molar-refractivity contribution >= 4 is 16.0 Å². The van der Waals surface area contributed by atoms with Gasteiger partial charge in [0.25, 0.3) is 5.91 Å². The third kappa shape index (κ3) is 3.97. The lowest BCUT2D eigenvalue weighted by Crippen LogP contribution is -2.34. The summed E-state index contributed by atoms with van der Waals surface area (Å²) in [5.41, 5.74) is -4.43. The molecule has 0 spiro atoms. The number of aromatic nitrogens is 1. The first-order valence-electron chi connectivity index (χ1n) is 9.24. The fraction of sp³-hybridized carbons (Fsp3) is 0.300. The molecule has 2 aliphatic rings. The molecule has 2 atom stereocenters. The van der Waals surface area contributed by atoms with Crippen molar-refractivity contribution in [3.8, 4) is 5.88 Å². The number of allylic oxidation sites excluding steroid dienone is 1. The second-order valence-electron chi connectivity index (χ2n) is 7.18. The Bertz CT molecular complexity index is 1150. The highest BCUT2D eigenvalue weighted by atomic mass is 32.2. The van der Waals surface area contributed by atoms with Crippen LogP contribution in [0.25, 0.3) is 0 Å². The molecule has 4 rings (SSSR count). The van der Waals surface area contributed by atoms with Crippen molar-refractivity contribution < 1.29 is 35.3 Å². The van der Waals surface area contributed by atoms with Gasteiger partial charge in [-0.1, -0.05) is 30.3 Å². The van der Waals surface area contributed by atoms with Gasteiger partial charge in [0.2, 0.25) is 5.88 Å². The van der Waals surface area contributed by atoms with Crippen LogP contribution in [0.5, 0.6) is 5.88 Å². The van der Waals surface area contributed by atoms with E-state index in [0.29, 0.717) is 0 Å². The molecule has 1 amide bonds. The number of nitrogens with zero attached hydrogens (tertiary/aromatic N) is 2. The maximum absolute atomic E-state index is 12.8. The van der Waals surface area contributed by atoms with Crippen LogP contribution in [0.3, 0.4) is 0 Å². The van der Waals surface area contributed by atoms with Gasteiger partial charge in [0.15, 0.2) is 0 Å². The third-order valence-corrected chi connectivity index (χ3v) is 6.15. The number of halogens is 3. The molecule has 164 valence electrons. The predicted molar refractivity (Wildman–Crippen MR) is 102 cm³/mol. The standard InChI is InChI=1S/C20H17F3N2O5S/c1-25-13-9-15(16(10-13)30-31(27,28)20(21,22)23)18-14(19(25)26)7-8-17(24-18)29-11-12-5-3-2-4-6-12/h2-8,10,13,15H,9,11H2,1H3. The van der Waals surface area contributed by atoms with E-state index < -0.39 is 33.3 Å². The normalized spacial score (nSPS) is 20.7. The number of hydrogen-bond donors (Lipinski definition) is 0.